The number of para-hydroxylation sites is 1. The molecule has 1 saturated carbocycles. The number of anilines is 1. The second kappa shape index (κ2) is 6.01. The van der Waals surface area contributed by atoms with Crippen LogP contribution in [0, 0.1) is 0 Å². The van der Waals surface area contributed by atoms with Gasteiger partial charge in [-0.1, -0.05) is 49.4 Å². The fraction of sp³-hybridized carbons (Fsp3) is 0.429. The number of nitrogens with zero attached hydrogens (tertiary/aromatic N) is 2. The van der Waals surface area contributed by atoms with E-state index in [0.29, 0.717) is 5.41 Å². The highest BCUT2D eigenvalue weighted by atomic mass is 15.3. The van der Waals surface area contributed by atoms with Gasteiger partial charge in [-0.25, -0.2) is 0 Å². The summed E-state index contributed by atoms with van der Waals surface area (Å²) in [5.41, 5.74) is 4.82. The third-order valence-electron chi connectivity index (χ3n) is 5.55. The Morgan fingerprint density at radius 3 is 2.09 bits per heavy atom. The van der Waals surface area contributed by atoms with Gasteiger partial charge in [0.1, 0.15) is 0 Å². The van der Waals surface area contributed by atoms with E-state index in [0.717, 1.165) is 32.7 Å². The third kappa shape index (κ3) is 3.28. The van der Waals surface area contributed by atoms with Gasteiger partial charge in [0.15, 0.2) is 0 Å². The molecule has 0 radical (unpaired) electrons. The van der Waals surface area contributed by atoms with E-state index >= 15 is 0 Å². The van der Waals surface area contributed by atoms with Crippen molar-refractivity contribution in [1.82, 2.24) is 4.90 Å². The zero-order valence-corrected chi connectivity index (χ0v) is 14.0. The molecule has 0 spiro atoms. The lowest BCUT2D eigenvalue weighted by atomic mass is 9.97. The van der Waals surface area contributed by atoms with E-state index < -0.39 is 0 Å². The lowest BCUT2D eigenvalue weighted by Gasteiger charge is -2.36. The molecule has 2 heteroatoms. The average molecular weight is 306 g/mol. The molecule has 0 aromatic heterocycles. The fourth-order valence-electron chi connectivity index (χ4n) is 3.55. The van der Waals surface area contributed by atoms with Crippen LogP contribution in [0.5, 0.6) is 0 Å². The first-order valence-electron chi connectivity index (χ1n) is 8.85. The second-order valence-corrected chi connectivity index (χ2v) is 7.36. The predicted octanol–water partition coefficient (Wildman–Crippen LogP) is 4.06. The molecule has 2 nitrogen and oxygen atoms in total. The Kier molecular flexibility index (Phi) is 3.86. The van der Waals surface area contributed by atoms with Crippen LogP contribution in [0.2, 0.25) is 0 Å². The van der Waals surface area contributed by atoms with Gasteiger partial charge in [-0.05, 0) is 41.5 Å². The van der Waals surface area contributed by atoms with Crippen molar-refractivity contribution in [3.05, 3.63) is 65.7 Å². The van der Waals surface area contributed by atoms with Crippen molar-refractivity contribution in [3.63, 3.8) is 0 Å². The highest BCUT2D eigenvalue weighted by Gasteiger charge is 2.38. The number of hydrogen-bond acceptors (Lipinski definition) is 2. The Labute approximate surface area is 139 Å². The molecule has 23 heavy (non-hydrogen) atoms. The minimum atomic E-state index is 0.486. The summed E-state index contributed by atoms with van der Waals surface area (Å²) in [7, 11) is 0. The van der Waals surface area contributed by atoms with Gasteiger partial charge < -0.3 is 4.90 Å². The predicted molar refractivity (Wildman–Crippen MR) is 97.0 cm³/mol. The van der Waals surface area contributed by atoms with E-state index in [2.05, 4.69) is 71.3 Å². The van der Waals surface area contributed by atoms with Crippen LogP contribution in [0.25, 0.3) is 0 Å². The normalized spacial score (nSPS) is 20.5. The summed E-state index contributed by atoms with van der Waals surface area (Å²) in [5.74, 6) is 0. The van der Waals surface area contributed by atoms with Gasteiger partial charge in [-0.2, -0.15) is 0 Å². The molecule has 0 N–H and O–H groups in total. The number of piperazine rings is 1. The Balaban J connectivity index is 1.32. The van der Waals surface area contributed by atoms with E-state index in [1.165, 1.54) is 29.7 Å². The smallest absolute Gasteiger partial charge is 0.0367 e. The Morgan fingerprint density at radius 1 is 0.826 bits per heavy atom. The van der Waals surface area contributed by atoms with Crippen LogP contribution >= 0.6 is 0 Å². The van der Waals surface area contributed by atoms with Gasteiger partial charge in [0.25, 0.3) is 0 Å². The van der Waals surface area contributed by atoms with Gasteiger partial charge >= 0.3 is 0 Å². The molecule has 0 unspecified atom stereocenters. The van der Waals surface area contributed by atoms with E-state index in [9.17, 15) is 0 Å². The zero-order chi connectivity index (χ0) is 15.7. The van der Waals surface area contributed by atoms with Crippen molar-refractivity contribution in [3.8, 4) is 0 Å². The molecule has 2 aliphatic rings. The Hall–Kier alpha value is -1.80. The molecular formula is C21H26N2. The molecule has 120 valence electrons. The first-order chi connectivity index (χ1) is 11.2. The van der Waals surface area contributed by atoms with Gasteiger partial charge in [-0.3, -0.25) is 4.90 Å². The second-order valence-electron chi connectivity index (χ2n) is 7.36. The molecule has 1 heterocycles. The van der Waals surface area contributed by atoms with Crippen LogP contribution in [0.3, 0.4) is 0 Å². The van der Waals surface area contributed by atoms with Crippen molar-refractivity contribution in [2.24, 2.45) is 0 Å². The maximum atomic E-state index is 2.58. The van der Waals surface area contributed by atoms with Crippen LogP contribution in [-0.4, -0.2) is 31.1 Å². The summed E-state index contributed by atoms with van der Waals surface area (Å²) in [6, 6.07) is 20.1. The first-order valence-corrected chi connectivity index (χ1v) is 8.85. The van der Waals surface area contributed by atoms with Gasteiger partial charge in [0.2, 0.25) is 0 Å². The summed E-state index contributed by atoms with van der Waals surface area (Å²) < 4.78 is 0. The highest BCUT2D eigenvalue weighted by Crippen LogP contribution is 2.47. The van der Waals surface area contributed by atoms with E-state index in [1.54, 1.807) is 0 Å². The molecule has 0 atom stereocenters. The molecule has 0 amide bonds. The maximum absolute atomic E-state index is 2.58. The topological polar surface area (TPSA) is 6.48 Å². The Bertz CT molecular complexity index is 635. The van der Waals surface area contributed by atoms with E-state index in [4.69, 9.17) is 0 Å². The summed E-state index contributed by atoms with van der Waals surface area (Å²) in [4.78, 5) is 5.07. The SMILES string of the molecule is CC1(c2ccc(CN3CCN(c4ccccc4)CC3)cc2)CC1. The molecule has 1 aliphatic carbocycles. The van der Waals surface area contributed by atoms with Crippen LogP contribution in [0.1, 0.15) is 30.9 Å². The standard InChI is InChI=1S/C21H26N2/c1-21(11-12-21)19-9-7-18(8-10-19)17-22-13-15-23(16-14-22)20-5-3-2-4-6-20/h2-10H,11-17H2,1H3. The minimum absolute atomic E-state index is 0.486. The molecule has 2 aromatic carbocycles. The van der Waals surface area contributed by atoms with Gasteiger partial charge in [0.05, 0.1) is 0 Å². The fourth-order valence-corrected chi connectivity index (χ4v) is 3.55. The van der Waals surface area contributed by atoms with E-state index in [-0.39, 0.29) is 0 Å². The van der Waals surface area contributed by atoms with Gasteiger partial charge in [0, 0.05) is 38.4 Å². The average Bonchev–Trinajstić information content (AvgIpc) is 3.36. The van der Waals surface area contributed by atoms with Crippen LogP contribution in [0.4, 0.5) is 5.69 Å². The summed E-state index contributed by atoms with van der Waals surface area (Å²) in [6.45, 7) is 8.01. The largest absolute Gasteiger partial charge is 0.369 e. The van der Waals surface area contributed by atoms with E-state index in [1.807, 2.05) is 0 Å². The van der Waals surface area contributed by atoms with Crippen molar-refractivity contribution < 1.29 is 0 Å². The first kappa shape index (κ1) is 14.8. The zero-order valence-electron chi connectivity index (χ0n) is 14.0. The van der Waals surface area contributed by atoms with Crippen molar-refractivity contribution in [2.45, 2.75) is 31.7 Å². The lowest BCUT2D eigenvalue weighted by molar-refractivity contribution is 0.250. The third-order valence-corrected chi connectivity index (χ3v) is 5.55. The number of benzene rings is 2. The number of hydrogen-bond donors (Lipinski definition) is 0. The summed E-state index contributed by atoms with van der Waals surface area (Å²) >= 11 is 0. The molecular weight excluding hydrogens is 280 g/mol. The molecule has 0 bridgehead atoms. The van der Waals surface area contributed by atoms with Crippen molar-refractivity contribution >= 4 is 5.69 Å². The van der Waals surface area contributed by atoms with Crippen LogP contribution < -0.4 is 4.90 Å². The monoisotopic (exact) mass is 306 g/mol. The molecule has 4 rings (SSSR count). The maximum Gasteiger partial charge on any atom is 0.0367 e. The van der Waals surface area contributed by atoms with Gasteiger partial charge in [-0.15, -0.1) is 0 Å². The minimum Gasteiger partial charge on any atom is -0.369 e. The summed E-state index contributed by atoms with van der Waals surface area (Å²) in [6.07, 6.45) is 2.71. The van der Waals surface area contributed by atoms with Crippen molar-refractivity contribution in [2.75, 3.05) is 31.1 Å². The summed E-state index contributed by atoms with van der Waals surface area (Å²) in [5, 5.41) is 0. The Morgan fingerprint density at radius 2 is 1.48 bits per heavy atom. The van der Waals surface area contributed by atoms with Crippen LogP contribution in [-0.2, 0) is 12.0 Å². The highest BCUT2D eigenvalue weighted by molar-refractivity contribution is 5.46. The lowest BCUT2D eigenvalue weighted by Crippen LogP contribution is -2.45. The quantitative estimate of drug-likeness (QED) is 0.840. The molecule has 2 aromatic rings. The molecule has 1 aliphatic heterocycles. The van der Waals surface area contributed by atoms with Crippen molar-refractivity contribution in [1.29, 1.82) is 0 Å². The molecule has 2 fully saturated rings. The number of rotatable bonds is 4. The molecule has 1 saturated heterocycles. The van der Waals surface area contributed by atoms with Crippen LogP contribution in [0.15, 0.2) is 54.6 Å².